The highest BCUT2D eigenvalue weighted by atomic mass is 19.4. The zero-order valence-corrected chi connectivity index (χ0v) is 16.8. The van der Waals surface area contributed by atoms with Crippen molar-refractivity contribution >= 4 is 11.9 Å². The minimum Gasteiger partial charge on any atom is -0.457 e. The van der Waals surface area contributed by atoms with Crippen LogP contribution >= 0.6 is 0 Å². The van der Waals surface area contributed by atoms with E-state index in [0.29, 0.717) is 32.1 Å². The maximum Gasteiger partial charge on any atom is 0.456 e. The zero-order chi connectivity index (χ0) is 22.5. The number of carbonyl (C=O) groups is 2. The van der Waals surface area contributed by atoms with Crippen LogP contribution in [0.2, 0.25) is 0 Å². The lowest BCUT2D eigenvalue weighted by Gasteiger charge is -2.61. The van der Waals surface area contributed by atoms with Crippen molar-refractivity contribution in [1.82, 2.24) is 0 Å². The van der Waals surface area contributed by atoms with E-state index in [0.717, 1.165) is 6.42 Å². The standard InChI is InChI=1S/C20H25F5O5/c1-11(2)15(26)30-18-7-13-4-14(8-18)6-17(5-13,9-18)29-12(3)16(27)28-10-19(21,22)20(23,24)25/h12-14H,1,4-10H2,2-3H3. The molecule has 3 atom stereocenters. The minimum atomic E-state index is -5.81. The summed E-state index contributed by atoms with van der Waals surface area (Å²) in [5.74, 6) is -6.51. The Morgan fingerprint density at radius 2 is 1.60 bits per heavy atom. The third kappa shape index (κ3) is 4.48. The predicted molar refractivity (Wildman–Crippen MR) is 93.6 cm³/mol. The van der Waals surface area contributed by atoms with E-state index in [1.54, 1.807) is 6.92 Å². The van der Waals surface area contributed by atoms with Gasteiger partial charge in [0.25, 0.3) is 0 Å². The normalized spacial score (nSPS) is 33.8. The molecule has 5 nitrogen and oxygen atoms in total. The number of ether oxygens (including phenoxy) is 3. The molecule has 4 rings (SSSR count). The quantitative estimate of drug-likeness (QED) is 0.335. The van der Waals surface area contributed by atoms with Crippen molar-refractivity contribution in [3.63, 3.8) is 0 Å². The van der Waals surface area contributed by atoms with Crippen molar-refractivity contribution in [3.05, 3.63) is 12.2 Å². The fourth-order valence-electron chi connectivity index (χ4n) is 5.42. The predicted octanol–water partition coefficient (Wildman–Crippen LogP) is 4.34. The van der Waals surface area contributed by atoms with Gasteiger partial charge in [-0.25, -0.2) is 9.59 Å². The van der Waals surface area contributed by atoms with Crippen LogP contribution in [0.5, 0.6) is 0 Å². The monoisotopic (exact) mass is 440 g/mol. The summed E-state index contributed by atoms with van der Waals surface area (Å²) >= 11 is 0. The molecular weight excluding hydrogens is 415 g/mol. The van der Waals surface area contributed by atoms with Gasteiger partial charge in [-0.3, -0.25) is 0 Å². The summed E-state index contributed by atoms with van der Waals surface area (Å²) in [6.45, 7) is 4.30. The first-order chi connectivity index (χ1) is 13.7. The summed E-state index contributed by atoms with van der Waals surface area (Å²) in [7, 11) is 0. The second-order valence-electron chi connectivity index (χ2n) is 9.07. The number of carbonyl (C=O) groups excluding carboxylic acids is 2. The Hall–Kier alpha value is -1.71. The Bertz CT molecular complexity index is 718. The third-order valence-electron chi connectivity index (χ3n) is 6.18. The Labute approximate surface area is 170 Å². The van der Waals surface area contributed by atoms with Gasteiger partial charge in [0.2, 0.25) is 0 Å². The number of hydrogen-bond acceptors (Lipinski definition) is 5. The number of alkyl halides is 5. The van der Waals surface area contributed by atoms with Gasteiger partial charge in [-0.05, 0) is 57.8 Å². The van der Waals surface area contributed by atoms with Gasteiger partial charge in [0, 0.05) is 12.0 Å². The van der Waals surface area contributed by atoms with E-state index < -0.39 is 48.0 Å². The van der Waals surface area contributed by atoms with E-state index in [2.05, 4.69) is 11.3 Å². The molecule has 4 bridgehead atoms. The second-order valence-corrected chi connectivity index (χ2v) is 9.07. The van der Waals surface area contributed by atoms with Gasteiger partial charge in [0.05, 0.1) is 5.60 Å². The molecule has 10 heteroatoms. The maximum absolute atomic E-state index is 13.0. The molecular formula is C20H25F5O5. The first-order valence-electron chi connectivity index (χ1n) is 9.84. The fourth-order valence-corrected chi connectivity index (χ4v) is 5.42. The van der Waals surface area contributed by atoms with Crippen LogP contribution < -0.4 is 0 Å². The Balaban J connectivity index is 1.66. The van der Waals surface area contributed by atoms with Crippen molar-refractivity contribution in [3.8, 4) is 0 Å². The van der Waals surface area contributed by atoms with E-state index in [4.69, 9.17) is 9.47 Å². The molecule has 0 saturated heterocycles. The Morgan fingerprint density at radius 1 is 1.07 bits per heavy atom. The van der Waals surface area contributed by atoms with Crippen molar-refractivity contribution in [1.29, 1.82) is 0 Å². The smallest absolute Gasteiger partial charge is 0.456 e. The van der Waals surface area contributed by atoms with Crippen molar-refractivity contribution in [2.75, 3.05) is 6.61 Å². The fraction of sp³-hybridized carbons (Fsp3) is 0.800. The highest BCUT2D eigenvalue weighted by Gasteiger charge is 2.61. The molecule has 4 saturated carbocycles. The van der Waals surface area contributed by atoms with Gasteiger partial charge in [0.15, 0.2) is 12.7 Å². The molecule has 170 valence electrons. The van der Waals surface area contributed by atoms with Crippen LogP contribution in [0, 0.1) is 11.8 Å². The topological polar surface area (TPSA) is 61.8 Å². The molecule has 0 heterocycles. The summed E-state index contributed by atoms with van der Waals surface area (Å²) < 4.78 is 78.7. The van der Waals surface area contributed by atoms with E-state index in [9.17, 15) is 31.5 Å². The van der Waals surface area contributed by atoms with Crippen LogP contribution in [-0.2, 0) is 23.8 Å². The van der Waals surface area contributed by atoms with E-state index >= 15 is 0 Å². The summed E-state index contributed by atoms with van der Waals surface area (Å²) in [6.07, 6.45) is -3.32. The van der Waals surface area contributed by atoms with Crippen LogP contribution in [0.1, 0.15) is 52.4 Å². The highest BCUT2D eigenvalue weighted by molar-refractivity contribution is 5.87. The Morgan fingerprint density at radius 3 is 2.10 bits per heavy atom. The highest BCUT2D eigenvalue weighted by Crippen LogP contribution is 2.60. The molecule has 0 aromatic heterocycles. The van der Waals surface area contributed by atoms with Crippen molar-refractivity contribution in [2.24, 2.45) is 11.8 Å². The molecule has 0 aromatic rings. The van der Waals surface area contributed by atoms with Crippen LogP contribution in [0.15, 0.2) is 12.2 Å². The summed E-state index contributed by atoms with van der Waals surface area (Å²) in [6, 6.07) is 0. The second kappa shape index (κ2) is 7.46. The average molecular weight is 440 g/mol. The summed E-state index contributed by atoms with van der Waals surface area (Å²) in [5, 5.41) is 0. The zero-order valence-electron chi connectivity index (χ0n) is 16.8. The Kier molecular flexibility index (Phi) is 5.71. The lowest BCUT2D eigenvalue weighted by molar-refractivity contribution is -0.296. The summed E-state index contributed by atoms with van der Waals surface area (Å²) in [4.78, 5) is 24.2. The van der Waals surface area contributed by atoms with E-state index in [1.807, 2.05) is 0 Å². The molecule has 4 fully saturated rings. The average Bonchev–Trinajstić information content (AvgIpc) is 2.56. The van der Waals surface area contributed by atoms with Crippen molar-refractivity contribution < 1.29 is 45.8 Å². The largest absolute Gasteiger partial charge is 0.457 e. The molecule has 0 radical (unpaired) electrons. The molecule has 0 aliphatic heterocycles. The van der Waals surface area contributed by atoms with E-state index in [1.165, 1.54) is 6.92 Å². The van der Waals surface area contributed by atoms with Gasteiger partial charge < -0.3 is 14.2 Å². The molecule has 0 aromatic carbocycles. The van der Waals surface area contributed by atoms with Gasteiger partial charge in [-0.15, -0.1) is 0 Å². The molecule has 4 aliphatic rings. The summed E-state index contributed by atoms with van der Waals surface area (Å²) in [5.41, 5.74) is -1.29. The van der Waals surface area contributed by atoms with E-state index in [-0.39, 0.29) is 17.4 Å². The molecule has 0 amide bonds. The van der Waals surface area contributed by atoms with Gasteiger partial charge >= 0.3 is 24.0 Å². The molecule has 3 unspecified atom stereocenters. The van der Waals surface area contributed by atoms with Gasteiger partial charge in [0.1, 0.15) is 5.60 Å². The van der Waals surface area contributed by atoms with Gasteiger partial charge in [-0.2, -0.15) is 22.0 Å². The van der Waals surface area contributed by atoms with Crippen LogP contribution in [0.25, 0.3) is 0 Å². The van der Waals surface area contributed by atoms with Crippen LogP contribution in [0.3, 0.4) is 0 Å². The van der Waals surface area contributed by atoms with Crippen LogP contribution in [0.4, 0.5) is 22.0 Å². The molecule has 30 heavy (non-hydrogen) atoms. The number of halogens is 5. The number of esters is 2. The maximum atomic E-state index is 13.0. The first-order valence-corrected chi connectivity index (χ1v) is 9.84. The molecule has 0 spiro atoms. The minimum absolute atomic E-state index is 0.210. The number of rotatable bonds is 7. The first kappa shape index (κ1) is 23.0. The lowest BCUT2D eigenvalue weighted by Crippen LogP contribution is -2.62. The molecule has 4 aliphatic carbocycles. The number of hydrogen-bond donors (Lipinski definition) is 0. The van der Waals surface area contributed by atoms with Crippen LogP contribution in [-0.4, -0.2) is 48.0 Å². The SMILES string of the molecule is C=C(C)C(=O)OC12CC3CC(C1)CC(OC(C)C(=O)OCC(F)(F)C(F)(F)F)(C3)C2. The molecule has 0 N–H and O–H groups in total. The van der Waals surface area contributed by atoms with Crippen molar-refractivity contribution in [2.45, 2.75) is 81.8 Å². The van der Waals surface area contributed by atoms with Gasteiger partial charge in [-0.1, -0.05) is 6.58 Å². The lowest BCUT2D eigenvalue weighted by atomic mass is 9.52. The third-order valence-corrected chi connectivity index (χ3v) is 6.18.